The Morgan fingerprint density at radius 3 is 2.87 bits per heavy atom. The van der Waals surface area contributed by atoms with E-state index in [9.17, 15) is 4.79 Å². The number of rotatable bonds is 2. The van der Waals surface area contributed by atoms with E-state index in [1.807, 2.05) is 24.3 Å². The lowest BCUT2D eigenvalue weighted by Crippen LogP contribution is -2.01. The van der Waals surface area contributed by atoms with E-state index in [1.165, 1.54) is 0 Å². The SMILES string of the molecule is O=C(O)Cc1cc2ccccc2nc1Cl. The Kier molecular flexibility index (Phi) is 2.56. The highest BCUT2D eigenvalue weighted by Gasteiger charge is 2.07. The van der Waals surface area contributed by atoms with Crippen LogP contribution in [0.5, 0.6) is 0 Å². The number of carboxylic acid groups (broad SMARTS) is 1. The van der Waals surface area contributed by atoms with Crippen LogP contribution in [0.3, 0.4) is 0 Å². The van der Waals surface area contributed by atoms with Crippen molar-refractivity contribution in [3.05, 3.63) is 41.0 Å². The zero-order valence-electron chi connectivity index (χ0n) is 7.77. The van der Waals surface area contributed by atoms with Crippen molar-refractivity contribution in [2.24, 2.45) is 0 Å². The fourth-order valence-corrected chi connectivity index (χ4v) is 1.64. The summed E-state index contributed by atoms with van der Waals surface area (Å²) >= 11 is 5.87. The topological polar surface area (TPSA) is 50.2 Å². The summed E-state index contributed by atoms with van der Waals surface area (Å²) in [5, 5.41) is 9.84. The average Bonchev–Trinajstić information content (AvgIpc) is 2.18. The standard InChI is InChI=1S/C11H8ClNO2/c12-11-8(6-10(14)15)5-7-3-1-2-4-9(7)13-11/h1-5H,6H2,(H,14,15). The molecule has 2 rings (SSSR count). The summed E-state index contributed by atoms with van der Waals surface area (Å²) in [5.74, 6) is -0.908. The number of nitrogens with zero attached hydrogens (tertiary/aromatic N) is 1. The molecule has 1 heterocycles. The number of aliphatic carboxylic acids is 1. The quantitative estimate of drug-likeness (QED) is 0.793. The Bertz CT molecular complexity index is 525. The molecule has 2 aromatic rings. The Morgan fingerprint density at radius 1 is 1.40 bits per heavy atom. The third kappa shape index (κ3) is 2.07. The van der Waals surface area contributed by atoms with Crippen LogP contribution < -0.4 is 0 Å². The fraction of sp³-hybridized carbons (Fsp3) is 0.0909. The highest BCUT2D eigenvalue weighted by Crippen LogP contribution is 2.20. The maximum absolute atomic E-state index is 10.6. The molecule has 15 heavy (non-hydrogen) atoms. The summed E-state index contributed by atoms with van der Waals surface area (Å²) in [6, 6.07) is 9.22. The largest absolute Gasteiger partial charge is 0.481 e. The number of hydrogen-bond acceptors (Lipinski definition) is 2. The molecule has 0 radical (unpaired) electrons. The highest BCUT2D eigenvalue weighted by molar-refractivity contribution is 6.30. The number of pyridine rings is 1. The number of hydrogen-bond donors (Lipinski definition) is 1. The van der Waals surface area contributed by atoms with Gasteiger partial charge in [-0.1, -0.05) is 29.8 Å². The van der Waals surface area contributed by atoms with Crippen molar-refractivity contribution in [3.63, 3.8) is 0 Å². The third-order valence-corrected chi connectivity index (χ3v) is 2.42. The van der Waals surface area contributed by atoms with Gasteiger partial charge >= 0.3 is 5.97 Å². The van der Waals surface area contributed by atoms with E-state index in [-0.39, 0.29) is 11.6 Å². The number of para-hydroxylation sites is 1. The molecular weight excluding hydrogens is 214 g/mol. The minimum absolute atomic E-state index is 0.101. The number of carboxylic acids is 1. The van der Waals surface area contributed by atoms with Crippen molar-refractivity contribution in [2.45, 2.75) is 6.42 Å². The first-order valence-corrected chi connectivity index (χ1v) is 4.80. The zero-order chi connectivity index (χ0) is 10.8. The maximum Gasteiger partial charge on any atom is 0.307 e. The van der Waals surface area contributed by atoms with Gasteiger partial charge in [0.15, 0.2) is 0 Å². The summed E-state index contributed by atoms with van der Waals surface area (Å²) in [7, 11) is 0. The minimum atomic E-state index is -0.908. The minimum Gasteiger partial charge on any atom is -0.481 e. The van der Waals surface area contributed by atoms with Gasteiger partial charge in [-0.15, -0.1) is 0 Å². The molecule has 0 bridgehead atoms. The molecule has 1 aromatic carbocycles. The normalized spacial score (nSPS) is 10.5. The van der Waals surface area contributed by atoms with Gasteiger partial charge in [0.2, 0.25) is 0 Å². The molecule has 3 nitrogen and oxygen atoms in total. The van der Waals surface area contributed by atoms with E-state index in [4.69, 9.17) is 16.7 Å². The Hall–Kier alpha value is -1.61. The second-order valence-corrected chi connectivity index (χ2v) is 3.56. The first-order valence-electron chi connectivity index (χ1n) is 4.43. The average molecular weight is 222 g/mol. The molecule has 1 N–H and O–H groups in total. The number of carbonyl (C=O) groups is 1. The van der Waals surface area contributed by atoms with Crippen LogP contribution in [0.15, 0.2) is 30.3 Å². The molecule has 0 fully saturated rings. The lowest BCUT2D eigenvalue weighted by atomic mass is 10.1. The van der Waals surface area contributed by atoms with E-state index in [1.54, 1.807) is 6.07 Å². The maximum atomic E-state index is 10.6. The van der Waals surface area contributed by atoms with Crippen molar-refractivity contribution < 1.29 is 9.90 Å². The smallest absolute Gasteiger partial charge is 0.307 e. The van der Waals surface area contributed by atoms with Gasteiger partial charge in [0.25, 0.3) is 0 Å². The molecule has 0 unspecified atom stereocenters. The Balaban J connectivity index is 2.56. The molecular formula is C11H8ClNO2. The van der Waals surface area contributed by atoms with Gasteiger partial charge in [-0.25, -0.2) is 4.98 Å². The third-order valence-electron chi connectivity index (χ3n) is 2.09. The van der Waals surface area contributed by atoms with E-state index in [0.717, 1.165) is 10.9 Å². The van der Waals surface area contributed by atoms with Crippen molar-refractivity contribution in [1.82, 2.24) is 4.98 Å². The Labute approximate surface area is 91.3 Å². The molecule has 1 aromatic heterocycles. The van der Waals surface area contributed by atoms with Crippen LogP contribution in [0.2, 0.25) is 5.15 Å². The summed E-state index contributed by atoms with van der Waals surface area (Å²) < 4.78 is 0. The van der Waals surface area contributed by atoms with Crippen LogP contribution in [-0.4, -0.2) is 16.1 Å². The highest BCUT2D eigenvalue weighted by atomic mass is 35.5. The van der Waals surface area contributed by atoms with Gasteiger partial charge in [-0.3, -0.25) is 4.79 Å². The number of fused-ring (bicyclic) bond motifs is 1. The molecule has 0 aliphatic heterocycles. The van der Waals surface area contributed by atoms with Crippen molar-refractivity contribution in [2.75, 3.05) is 0 Å². The number of aromatic nitrogens is 1. The molecule has 0 amide bonds. The van der Waals surface area contributed by atoms with E-state index in [2.05, 4.69) is 4.98 Å². The van der Waals surface area contributed by atoms with Crippen LogP contribution in [0, 0.1) is 0 Å². The van der Waals surface area contributed by atoms with Gasteiger partial charge < -0.3 is 5.11 Å². The molecule has 0 saturated heterocycles. The monoisotopic (exact) mass is 221 g/mol. The van der Waals surface area contributed by atoms with E-state index >= 15 is 0 Å². The van der Waals surface area contributed by atoms with Gasteiger partial charge in [0, 0.05) is 10.9 Å². The molecule has 4 heteroatoms. The molecule has 0 saturated carbocycles. The van der Waals surface area contributed by atoms with Crippen LogP contribution in [0.1, 0.15) is 5.56 Å². The molecule has 76 valence electrons. The van der Waals surface area contributed by atoms with Crippen LogP contribution in [0.4, 0.5) is 0 Å². The van der Waals surface area contributed by atoms with Crippen LogP contribution in [-0.2, 0) is 11.2 Å². The first-order chi connectivity index (χ1) is 7.16. The fourth-order valence-electron chi connectivity index (χ4n) is 1.42. The predicted octanol–water partition coefficient (Wildman–Crippen LogP) is 2.52. The lowest BCUT2D eigenvalue weighted by molar-refractivity contribution is -0.136. The zero-order valence-corrected chi connectivity index (χ0v) is 8.53. The summed E-state index contributed by atoms with van der Waals surface area (Å²) in [6.45, 7) is 0. The molecule has 0 atom stereocenters. The van der Waals surface area contributed by atoms with Crippen molar-refractivity contribution in [3.8, 4) is 0 Å². The van der Waals surface area contributed by atoms with Gasteiger partial charge in [0.1, 0.15) is 5.15 Å². The first kappa shape index (κ1) is 9.93. The van der Waals surface area contributed by atoms with E-state index < -0.39 is 5.97 Å². The second kappa shape index (κ2) is 3.87. The summed E-state index contributed by atoms with van der Waals surface area (Å²) in [6.07, 6.45) is -0.101. The summed E-state index contributed by atoms with van der Waals surface area (Å²) in [5.41, 5.74) is 1.32. The van der Waals surface area contributed by atoms with Gasteiger partial charge in [-0.05, 0) is 12.1 Å². The molecule has 0 aliphatic rings. The molecule has 0 spiro atoms. The van der Waals surface area contributed by atoms with Crippen molar-refractivity contribution >= 4 is 28.5 Å². The van der Waals surface area contributed by atoms with E-state index in [0.29, 0.717) is 5.56 Å². The number of benzene rings is 1. The number of halogens is 1. The van der Waals surface area contributed by atoms with Gasteiger partial charge in [0.05, 0.1) is 11.9 Å². The van der Waals surface area contributed by atoms with Crippen LogP contribution in [0.25, 0.3) is 10.9 Å². The molecule has 0 aliphatic carbocycles. The predicted molar refractivity (Wildman–Crippen MR) is 58.1 cm³/mol. The second-order valence-electron chi connectivity index (χ2n) is 3.20. The van der Waals surface area contributed by atoms with Gasteiger partial charge in [-0.2, -0.15) is 0 Å². The van der Waals surface area contributed by atoms with Crippen LogP contribution >= 0.6 is 11.6 Å². The Morgan fingerprint density at radius 2 is 2.13 bits per heavy atom. The lowest BCUT2D eigenvalue weighted by Gasteiger charge is -2.03. The summed E-state index contributed by atoms with van der Waals surface area (Å²) in [4.78, 5) is 14.7. The van der Waals surface area contributed by atoms with Crippen molar-refractivity contribution in [1.29, 1.82) is 0 Å².